The van der Waals surface area contributed by atoms with Gasteiger partial charge >= 0.3 is 0 Å². The smallest absolute Gasteiger partial charge is 0.256 e. The lowest BCUT2D eigenvalue weighted by Crippen LogP contribution is -2.65. The molecule has 2 aliphatic heterocycles. The molecular weight excluding hydrogens is 383 g/mol. The number of nitrogens with zero attached hydrogens (tertiary/aromatic N) is 6. The van der Waals surface area contributed by atoms with Crippen molar-refractivity contribution in [2.75, 3.05) is 24.5 Å². The SMILES string of the molecule is Cc1cc(C)nc(N2CC3CCN(C(=O)c4cccc(F)c4-n4cccn4)CC32)n1. The molecule has 1 aromatic carbocycles. The average molecular weight is 406 g/mol. The molecule has 154 valence electrons. The van der Waals surface area contributed by atoms with E-state index in [9.17, 15) is 9.18 Å². The zero-order valence-corrected chi connectivity index (χ0v) is 17.0. The number of carbonyl (C=O) groups excluding carboxylic acids is 1. The molecule has 2 atom stereocenters. The number of para-hydroxylation sites is 1. The Balaban J connectivity index is 1.40. The van der Waals surface area contributed by atoms with E-state index < -0.39 is 5.82 Å². The number of benzene rings is 1. The van der Waals surface area contributed by atoms with Gasteiger partial charge in [0, 0.05) is 49.3 Å². The Labute approximate surface area is 174 Å². The summed E-state index contributed by atoms with van der Waals surface area (Å²) >= 11 is 0. The molecule has 3 aromatic rings. The van der Waals surface area contributed by atoms with E-state index >= 15 is 0 Å². The third-order valence-electron chi connectivity index (χ3n) is 6.02. The molecule has 7 nitrogen and oxygen atoms in total. The lowest BCUT2D eigenvalue weighted by atomic mass is 9.82. The zero-order valence-electron chi connectivity index (χ0n) is 17.0. The van der Waals surface area contributed by atoms with Crippen LogP contribution >= 0.6 is 0 Å². The van der Waals surface area contributed by atoms with E-state index in [4.69, 9.17) is 0 Å². The summed E-state index contributed by atoms with van der Waals surface area (Å²) in [6, 6.07) is 8.44. The third kappa shape index (κ3) is 3.12. The summed E-state index contributed by atoms with van der Waals surface area (Å²) in [6.07, 6.45) is 4.14. The van der Waals surface area contributed by atoms with Crippen LogP contribution in [0.25, 0.3) is 5.69 Å². The number of piperidine rings is 1. The number of hydrogen-bond donors (Lipinski definition) is 0. The number of amides is 1. The summed E-state index contributed by atoms with van der Waals surface area (Å²) in [5.74, 6) is 0.614. The van der Waals surface area contributed by atoms with Crippen LogP contribution in [0.15, 0.2) is 42.7 Å². The van der Waals surface area contributed by atoms with Crippen molar-refractivity contribution >= 4 is 11.9 Å². The first-order valence-corrected chi connectivity index (χ1v) is 10.2. The molecular formula is C22H23FN6O. The van der Waals surface area contributed by atoms with E-state index in [0.29, 0.717) is 24.6 Å². The summed E-state index contributed by atoms with van der Waals surface area (Å²) in [5, 5.41) is 4.12. The second-order valence-electron chi connectivity index (χ2n) is 8.06. The molecule has 8 heteroatoms. The minimum Gasteiger partial charge on any atom is -0.336 e. The lowest BCUT2D eigenvalue weighted by molar-refractivity contribution is 0.0589. The molecule has 0 aliphatic carbocycles. The molecule has 2 saturated heterocycles. The van der Waals surface area contributed by atoms with E-state index in [-0.39, 0.29) is 17.6 Å². The van der Waals surface area contributed by atoms with Crippen molar-refractivity contribution in [3.8, 4) is 5.69 Å². The molecule has 4 heterocycles. The van der Waals surface area contributed by atoms with Gasteiger partial charge in [-0.1, -0.05) is 6.07 Å². The summed E-state index contributed by atoms with van der Waals surface area (Å²) in [5.41, 5.74) is 2.39. The minimum absolute atomic E-state index is 0.174. The number of likely N-dealkylation sites (tertiary alicyclic amines) is 1. The van der Waals surface area contributed by atoms with Crippen LogP contribution in [-0.4, -0.2) is 56.2 Å². The number of rotatable bonds is 3. The standard InChI is InChI=1S/C22H23FN6O/c1-14-11-15(2)26-22(25-14)28-12-16-7-10-27(13-19(16)28)21(30)17-5-3-6-18(23)20(17)29-9-4-8-24-29/h3-6,8-9,11,16,19H,7,10,12-13H2,1-2H3. The van der Waals surface area contributed by atoms with Crippen molar-refractivity contribution in [2.45, 2.75) is 26.3 Å². The monoisotopic (exact) mass is 406 g/mol. The minimum atomic E-state index is -0.464. The first kappa shape index (κ1) is 18.7. The Hall–Kier alpha value is -3.29. The fourth-order valence-electron chi connectivity index (χ4n) is 4.54. The third-order valence-corrected chi connectivity index (χ3v) is 6.02. The molecule has 2 unspecified atom stereocenters. The van der Waals surface area contributed by atoms with Gasteiger partial charge in [0.05, 0.1) is 11.6 Å². The van der Waals surface area contributed by atoms with Gasteiger partial charge in [0.25, 0.3) is 5.91 Å². The van der Waals surface area contributed by atoms with Gasteiger partial charge in [-0.15, -0.1) is 0 Å². The van der Waals surface area contributed by atoms with Crippen LogP contribution in [-0.2, 0) is 0 Å². The maximum Gasteiger partial charge on any atom is 0.256 e. The molecule has 0 bridgehead atoms. The fraction of sp³-hybridized carbons (Fsp3) is 0.364. The predicted molar refractivity (Wildman–Crippen MR) is 110 cm³/mol. The van der Waals surface area contributed by atoms with Gasteiger partial charge in [0.1, 0.15) is 11.5 Å². The molecule has 2 aliphatic rings. The van der Waals surface area contributed by atoms with Gasteiger partial charge in [-0.25, -0.2) is 19.0 Å². The summed E-state index contributed by atoms with van der Waals surface area (Å²) in [6.45, 7) is 6.08. The Morgan fingerprint density at radius 2 is 1.93 bits per heavy atom. The number of fused-ring (bicyclic) bond motifs is 1. The number of carbonyl (C=O) groups is 1. The Kier molecular flexibility index (Phi) is 4.49. The van der Waals surface area contributed by atoms with E-state index in [0.717, 1.165) is 30.3 Å². The van der Waals surface area contributed by atoms with E-state index in [1.165, 1.54) is 10.7 Å². The number of hydrogen-bond acceptors (Lipinski definition) is 5. The van der Waals surface area contributed by atoms with E-state index in [2.05, 4.69) is 20.0 Å². The summed E-state index contributed by atoms with van der Waals surface area (Å²) in [7, 11) is 0. The maximum absolute atomic E-state index is 14.6. The molecule has 0 saturated carbocycles. The van der Waals surface area contributed by atoms with Crippen molar-refractivity contribution in [1.82, 2.24) is 24.6 Å². The van der Waals surface area contributed by atoms with Crippen LogP contribution in [0, 0.1) is 25.6 Å². The summed E-state index contributed by atoms with van der Waals surface area (Å²) < 4.78 is 16.0. The number of anilines is 1. The largest absolute Gasteiger partial charge is 0.336 e. The predicted octanol–water partition coefficient (Wildman–Crippen LogP) is 2.77. The number of aryl methyl sites for hydroxylation is 2. The topological polar surface area (TPSA) is 67.2 Å². The van der Waals surface area contributed by atoms with Crippen molar-refractivity contribution < 1.29 is 9.18 Å². The van der Waals surface area contributed by atoms with Gasteiger partial charge in [-0.05, 0) is 44.5 Å². The highest BCUT2D eigenvalue weighted by Crippen LogP contribution is 2.36. The molecule has 2 aromatic heterocycles. The van der Waals surface area contributed by atoms with Crippen molar-refractivity contribution in [2.24, 2.45) is 5.92 Å². The van der Waals surface area contributed by atoms with Gasteiger partial charge in [-0.3, -0.25) is 4.79 Å². The lowest BCUT2D eigenvalue weighted by Gasteiger charge is -2.53. The van der Waals surface area contributed by atoms with Crippen molar-refractivity contribution in [3.05, 3.63) is 65.5 Å². The Morgan fingerprint density at radius 1 is 1.13 bits per heavy atom. The second kappa shape index (κ2) is 7.19. The van der Waals surface area contributed by atoms with Gasteiger partial charge in [0.15, 0.2) is 0 Å². The highest BCUT2D eigenvalue weighted by molar-refractivity contribution is 5.98. The molecule has 0 radical (unpaired) electrons. The van der Waals surface area contributed by atoms with Crippen LogP contribution in [0.3, 0.4) is 0 Å². The quantitative estimate of drug-likeness (QED) is 0.669. The first-order valence-electron chi connectivity index (χ1n) is 10.2. The van der Waals surface area contributed by atoms with Crippen LogP contribution in [0.1, 0.15) is 28.2 Å². The van der Waals surface area contributed by atoms with Gasteiger partial charge in [0.2, 0.25) is 5.95 Å². The number of halogens is 1. The van der Waals surface area contributed by atoms with Crippen LogP contribution in [0.2, 0.25) is 0 Å². The van der Waals surface area contributed by atoms with Crippen LogP contribution < -0.4 is 4.90 Å². The number of aromatic nitrogens is 4. The molecule has 30 heavy (non-hydrogen) atoms. The van der Waals surface area contributed by atoms with Crippen molar-refractivity contribution in [1.29, 1.82) is 0 Å². The highest BCUT2D eigenvalue weighted by atomic mass is 19.1. The normalized spacial score (nSPS) is 20.6. The van der Waals surface area contributed by atoms with E-state index in [1.54, 1.807) is 30.6 Å². The highest BCUT2D eigenvalue weighted by Gasteiger charge is 2.45. The fourth-order valence-corrected chi connectivity index (χ4v) is 4.54. The molecule has 1 amide bonds. The average Bonchev–Trinajstić information content (AvgIpc) is 3.22. The molecule has 0 N–H and O–H groups in total. The Morgan fingerprint density at radius 3 is 2.67 bits per heavy atom. The van der Waals surface area contributed by atoms with Gasteiger partial charge < -0.3 is 9.80 Å². The van der Waals surface area contributed by atoms with Crippen molar-refractivity contribution in [3.63, 3.8) is 0 Å². The zero-order chi connectivity index (χ0) is 20.8. The van der Waals surface area contributed by atoms with Crippen LogP contribution in [0.5, 0.6) is 0 Å². The second-order valence-corrected chi connectivity index (χ2v) is 8.06. The summed E-state index contributed by atoms with van der Waals surface area (Å²) in [4.78, 5) is 26.5. The first-order chi connectivity index (χ1) is 14.5. The maximum atomic E-state index is 14.6. The van der Waals surface area contributed by atoms with Gasteiger partial charge in [-0.2, -0.15) is 5.10 Å². The van der Waals surface area contributed by atoms with Crippen LogP contribution in [0.4, 0.5) is 10.3 Å². The van der Waals surface area contributed by atoms with E-state index in [1.807, 2.05) is 24.8 Å². The molecule has 0 spiro atoms. The molecule has 5 rings (SSSR count). The Bertz CT molecular complexity index is 1080. The molecule has 2 fully saturated rings.